The molecule has 1 aromatic heterocycles. The Morgan fingerprint density at radius 1 is 1.10 bits per heavy atom. The van der Waals surface area contributed by atoms with E-state index in [4.69, 9.17) is 16.6 Å². The van der Waals surface area contributed by atoms with Crippen LogP contribution in [0.25, 0.3) is 11.0 Å². The summed E-state index contributed by atoms with van der Waals surface area (Å²) in [6.07, 6.45) is 0.512. The highest BCUT2D eigenvalue weighted by Crippen LogP contribution is 2.24. The fraction of sp³-hybridized carbons (Fsp3) is 0.167. The maximum atomic E-state index is 14.4. The maximum Gasteiger partial charge on any atom is 0.251 e. The maximum absolute atomic E-state index is 14.4. The van der Waals surface area contributed by atoms with Crippen LogP contribution in [0, 0.1) is 12.7 Å². The highest BCUT2D eigenvalue weighted by atomic mass is 35.5. The molecule has 1 amide bonds. The lowest BCUT2D eigenvalue weighted by Gasteiger charge is -2.12. The summed E-state index contributed by atoms with van der Waals surface area (Å²) in [6, 6.07) is 19.8. The van der Waals surface area contributed by atoms with Crippen molar-refractivity contribution in [2.75, 3.05) is 6.54 Å². The van der Waals surface area contributed by atoms with Gasteiger partial charge < -0.3 is 9.88 Å². The number of para-hydroxylation sites is 2. The molecule has 30 heavy (non-hydrogen) atoms. The second-order valence-electron chi connectivity index (χ2n) is 7.18. The van der Waals surface area contributed by atoms with Crippen LogP contribution in [0.2, 0.25) is 5.02 Å². The van der Waals surface area contributed by atoms with Crippen molar-refractivity contribution < 1.29 is 9.18 Å². The van der Waals surface area contributed by atoms with E-state index >= 15 is 0 Å². The van der Waals surface area contributed by atoms with Gasteiger partial charge in [-0.25, -0.2) is 9.37 Å². The van der Waals surface area contributed by atoms with E-state index in [-0.39, 0.29) is 18.3 Å². The van der Waals surface area contributed by atoms with Crippen LogP contribution in [0.15, 0.2) is 66.7 Å². The van der Waals surface area contributed by atoms with E-state index in [1.54, 1.807) is 18.2 Å². The first-order valence-corrected chi connectivity index (χ1v) is 10.1. The van der Waals surface area contributed by atoms with Crippen molar-refractivity contribution in [3.8, 4) is 0 Å². The zero-order valence-corrected chi connectivity index (χ0v) is 17.3. The van der Waals surface area contributed by atoms with Gasteiger partial charge in [-0.05, 0) is 43.3 Å². The molecular weight excluding hydrogens is 401 g/mol. The molecule has 0 bridgehead atoms. The van der Waals surface area contributed by atoms with Crippen LogP contribution in [0.1, 0.15) is 27.3 Å². The van der Waals surface area contributed by atoms with E-state index in [0.717, 1.165) is 22.4 Å². The standard InChI is InChI=1S/C24H21ClFN3O/c1-16-6-4-7-17(14-16)24(30)27-13-12-23-28-21-10-2-3-11-22(21)29(23)15-18-19(25)8-5-9-20(18)26/h2-11,14H,12-13,15H2,1H3,(H,27,30). The summed E-state index contributed by atoms with van der Waals surface area (Å²) in [6.45, 7) is 2.64. The molecule has 0 aliphatic rings. The number of nitrogens with one attached hydrogen (secondary N) is 1. The Hall–Kier alpha value is -3.18. The summed E-state index contributed by atoms with van der Waals surface area (Å²) in [4.78, 5) is 17.1. The zero-order valence-electron chi connectivity index (χ0n) is 16.5. The Morgan fingerprint density at radius 2 is 1.90 bits per heavy atom. The minimum atomic E-state index is -0.348. The molecule has 0 saturated heterocycles. The van der Waals surface area contributed by atoms with Gasteiger partial charge in [0.15, 0.2) is 0 Å². The van der Waals surface area contributed by atoms with Crippen LogP contribution in [0.5, 0.6) is 0 Å². The van der Waals surface area contributed by atoms with Crippen LogP contribution in [-0.2, 0) is 13.0 Å². The summed E-state index contributed by atoms with van der Waals surface area (Å²) in [7, 11) is 0. The zero-order chi connectivity index (χ0) is 21.1. The monoisotopic (exact) mass is 421 g/mol. The van der Waals surface area contributed by atoms with Gasteiger partial charge in [-0.15, -0.1) is 0 Å². The van der Waals surface area contributed by atoms with Crippen molar-refractivity contribution in [3.05, 3.63) is 100 Å². The number of hydrogen-bond donors (Lipinski definition) is 1. The predicted molar refractivity (Wildman–Crippen MR) is 117 cm³/mol. The molecule has 6 heteroatoms. The Morgan fingerprint density at radius 3 is 2.70 bits per heavy atom. The van der Waals surface area contributed by atoms with Crippen molar-refractivity contribution in [2.24, 2.45) is 0 Å². The van der Waals surface area contributed by atoms with Crippen LogP contribution < -0.4 is 5.32 Å². The fourth-order valence-electron chi connectivity index (χ4n) is 3.51. The van der Waals surface area contributed by atoms with Crippen LogP contribution in [0.3, 0.4) is 0 Å². The van der Waals surface area contributed by atoms with E-state index in [1.807, 2.05) is 54.0 Å². The van der Waals surface area contributed by atoms with Crippen molar-refractivity contribution in [2.45, 2.75) is 19.9 Å². The SMILES string of the molecule is Cc1cccc(C(=O)NCCc2nc3ccccc3n2Cc2c(F)cccc2Cl)c1. The minimum Gasteiger partial charge on any atom is -0.352 e. The Bertz CT molecular complexity index is 1200. The molecule has 152 valence electrons. The predicted octanol–water partition coefficient (Wildman–Crippen LogP) is 5.16. The van der Waals surface area contributed by atoms with Gasteiger partial charge in [0.25, 0.3) is 5.91 Å². The first-order valence-electron chi connectivity index (χ1n) is 9.75. The molecule has 1 heterocycles. The van der Waals surface area contributed by atoms with Crippen molar-refractivity contribution in [1.82, 2.24) is 14.9 Å². The van der Waals surface area contributed by atoms with Gasteiger partial charge in [0.1, 0.15) is 11.6 Å². The van der Waals surface area contributed by atoms with Gasteiger partial charge in [-0.2, -0.15) is 0 Å². The van der Waals surface area contributed by atoms with Crippen molar-refractivity contribution in [3.63, 3.8) is 0 Å². The van der Waals surface area contributed by atoms with E-state index < -0.39 is 0 Å². The number of imidazole rings is 1. The van der Waals surface area contributed by atoms with E-state index in [1.165, 1.54) is 6.07 Å². The third-order valence-electron chi connectivity index (χ3n) is 5.03. The quantitative estimate of drug-likeness (QED) is 0.467. The second kappa shape index (κ2) is 8.67. The van der Waals surface area contributed by atoms with Gasteiger partial charge in [-0.1, -0.05) is 47.5 Å². The summed E-state index contributed by atoms with van der Waals surface area (Å²) in [5, 5.41) is 3.32. The summed E-state index contributed by atoms with van der Waals surface area (Å²) >= 11 is 6.25. The molecule has 0 fully saturated rings. The third-order valence-corrected chi connectivity index (χ3v) is 5.38. The normalized spacial score (nSPS) is 11.0. The Balaban J connectivity index is 1.57. The Kier molecular flexibility index (Phi) is 5.81. The third kappa shape index (κ3) is 4.21. The number of hydrogen-bond acceptors (Lipinski definition) is 2. The number of aromatic nitrogens is 2. The molecule has 0 aliphatic carbocycles. The molecular formula is C24H21ClFN3O. The van der Waals surface area contributed by atoms with Gasteiger partial charge >= 0.3 is 0 Å². The molecule has 3 aromatic carbocycles. The highest BCUT2D eigenvalue weighted by molar-refractivity contribution is 6.31. The van der Waals surface area contributed by atoms with E-state index in [9.17, 15) is 9.18 Å². The molecule has 1 N–H and O–H groups in total. The molecule has 0 radical (unpaired) electrons. The van der Waals surface area contributed by atoms with Gasteiger partial charge in [0.2, 0.25) is 0 Å². The van der Waals surface area contributed by atoms with Crippen molar-refractivity contribution >= 4 is 28.5 Å². The highest BCUT2D eigenvalue weighted by Gasteiger charge is 2.15. The number of carbonyl (C=O) groups is 1. The molecule has 0 unspecified atom stereocenters. The molecule has 4 nitrogen and oxygen atoms in total. The number of nitrogens with zero attached hydrogens (tertiary/aromatic N) is 2. The molecule has 0 saturated carbocycles. The van der Waals surface area contributed by atoms with Gasteiger partial charge in [0, 0.05) is 29.1 Å². The molecule has 0 spiro atoms. The first kappa shape index (κ1) is 20.1. The van der Waals surface area contributed by atoms with Gasteiger partial charge in [-0.3, -0.25) is 4.79 Å². The molecule has 4 rings (SSSR count). The Labute approximate surface area is 179 Å². The lowest BCUT2D eigenvalue weighted by molar-refractivity contribution is 0.0954. The first-order chi connectivity index (χ1) is 14.5. The summed E-state index contributed by atoms with van der Waals surface area (Å²) in [5.41, 5.74) is 3.81. The number of halogens is 2. The average molecular weight is 422 g/mol. The van der Waals surface area contributed by atoms with E-state index in [2.05, 4.69) is 5.32 Å². The molecule has 0 atom stereocenters. The fourth-order valence-corrected chi connectivity index (χ4v) is 3.73. The van der Waals surface area contributed by atoms with E-state index in [0.29, 0.717) is 29.1 Å². The number of aryl methyl sites for hydroxylation is 1. The topological polar surface area (TPSA) is 46.9 Å². The average Bonchev–Trinajstić information content (AvgIpc) is 3.08. The molecule has 4 aromatic rings. The summed E-state index contributed by atoms with van der Waals surface area (Å²) < 4.78 is 16.3. The lowest BCUT2D eigenvalue weighted by atomic mass is 10.1. The number of fused-ring (bicyclic) bond motifs is 1. The molecule has 0 aliphatic heterocycles. The lowest BCUT2D eigenvalue weighted by Crippen LogP contribution is -2.26. The number of rotatable bonds is 6. The minimum absolute atomic E-state index is 0.126. The number of benzene rings is 3. The van der Waals surface area contributed by atoms with Gasteiger partial charge in [0.05, 0.1) is 17.6 Å². The number of carbonyl (C=O) groups excluding carboxylic acids is 1. The summed E-state index contributed by atoms with van der Waals surface area (Å²) in [5.74, 6) is 0.289. The second-order valence-corrected chi connectivity index (χ2v) is 7.59. The largest absolute Gasteiger partial charge is 0.352 e. The van der Waals surface area contributed by atoms with Crippen LogP contribution in [-0.4, -0.2) is 22.0 Å². The number of amides is 1. The van der Waals surface area contributed by atoms with Crippen LogP contribution in [0.4, 0.5) is 4.39 Å². The van der Waals surface area contributed by atoms with Crippen LogP contribution >= 0.6 is 11.6 Å². The van der Waals surface area contributed by atoms with Crippen molar-refractivity contribution in [1.29, 1.82) is 0 Å². The smallest absolute Gasteiger partial charge is 0.251 e.